The molecule has 1 aromatic carbocycles. The summed E-state index contributed by atoms with van der Waals surface area (Å²) in [5.41, 5.74) is 5.13. The van der Waals surface area contributed by atoms with E-state index in [1.54, 1.807) is 10.9 Å². The van der Waals surface area contributed by atoms with Gasteiger partial charge in [-0.15, -0.1) is 0 Å². The van der Waals surface area contributed by atoms with Crippen molar-refractivity contribution >= 4 is 28.5 Å². The molecule has 2 heterocycles. The number of nitrogens with two attached hydrogens (primary N) is 1. The van der Waals surface area contributed by atoms with Crippen LogP contribution in [0.5, 0.6) is 0 Å². The van der Waals surface area contributed by atoms with Crippen molar-refractivity contribution < 1.29 is 0 Å². The molecule has 0 saturated heterocycles. The SMILES string of the molecule is Cc1ccc(Cl)cc1-n1ncc2c(NN)ncnc21. The Labute approximate surface area is 114 Å². The summed E-state index contributed by atoms with van der Waals surface area (Å²) in [7, 11) is 0. The Morgan fingerprint density at radius 1 is 1.32 bits per heavy atom. The Bertz CT molecular complexity index is 751. The highest BCUT2D eigenvalue weighted by Gasteiger charge is 2.12. The molecule has 19 heavy (non-hydrogen) atoms. The van der Waals surface area contributed by atoms with Crippen LogP contribution in [0.15, 0.2) is 30.7 Å². The minimum atomic E-state index is 0.538. The number of hydrazine groups is 1. The zero-order valence-corrected chi connectivity index (χ0v) is 10.9. The molecule has 96 valence electrons. The van der Waals surface area contributed by atoms with Crippen molar-refractivity contribution in [1.29, 1.82) is 0 Å². The van der Waals surface area contributed by atoms with Gasteiger partial charge in [-0.25, -0.2) is 20.5 Å². The lowest BCUT2D eigenvalue weighted by Gasteiger charge is -2.07. The van der Waals surface area contributed by atoms with E-state index >= 15 is 0 Å². The molecule has 3 rings (SSSR count). The molecular weight excluding hydrogens is 264 g/mol. The summed E-state index contributed by atoms with van der Waals surface area (Å²) < 4.78 is 1.72. The molecule has 3 aromatic rings. The van der Waals surface area contributed by atoms with Gasteiger partial charge in [-0.1, -0.05) is 17.7 Å². The third-order valence-electron chi connectivity index (χ3n) is 2.90. The molecule has 0 aliphatic carbocycles. The van der Waals surface area contributed by atoms with Crippen LogP contribution in [0.25, 0.3) is 16.7 Å². The Morgan fingerprint density at radius 3 is 2.95 bits per heavy atom. The molecule has 0 spiro atoms. The van der Waals surface area contributed by atoms with Gasteiger partial charge in [-0.05, 0) is 24.6 Å². The average molecular weight is 275 g/mol. The fourth-order valence-electron chi connectivity index (χ4n) is 1.95. The number of aryl methyl sites for hydroxylation is 1. The van der Waals surface area contributed by atoms with Crippen LogP contribution in [0.1, 0.15) is 5.56 Å². The highest BCUT2D eigenvalue weighted by molar-refractivity contribution is 6.30. The number of aromatic nitrogens is 4. The first-order chi connectivity index (χ1) is 9.20. The van der Waals surface area contributed by atoms with Crippen LogP contribution in [0.3, 0.4) is 0 Å². The van der Waals surface area contributed by atoms with E-state index in [0.717, 1.165) is 16.6 Å². The number of hydrogen-bond donors (Lipinski definition) is 2. The second kappa shape index (κ2) is 4.49. The lowest BCUT2D eigenvalue weighted by atomic mass is 10.2. The first-order valence-electron chi connectivity index (χ1n) is 5.62. The largest absolute Gasteiger partial charge is 0.308 e. The summed E-state index contributed by atoms with van der Waals surface area (Å²) in [5, 5.41) is 5.74. The van der Waals surface area contributed by atoms with Gasteiger partial charge in [0, 0.05) is 5.02 Å². The monoisotopic (exact) mass is 274 g/mol. The molecule has 0 unspecified atom stereocenters. The van der Waals surface area contributed by atoms with E-state index in [9.17, 15) is 0 Å². The van der Waals surface area contributed by atoms with Crippen LogP contribution in [-0.4, -0.2) is 19.7 Å². The highest BCUT2D eigenvalue weighted by Crippen LogP contribution is 2.24. The van der Waals surface area contributed by atoms with Crippen LogP contribution in [0.2, 0.25) is 5.02 Å². The van der Waals surface area contributed by atoms with E-state index in [1.807, 2.05) is 25.1 Å². The Balaban J connectivity index is 2.29. The fraction of sp³-hybridized carbons (Fsp3) is 0.0833. The predicted molar refractivity (Wildman–Crippen MR) is 74.2 cm³/mol. The molecule has 3 N–H and O–H groups in total. The zero-order chi connectivity index (χ0) is 13.4. The number of halogens is 1. The smallest absolute Gasteiger partial charge is 0.168 e. The average Bonchev–Trinajstić information content (AvgIpc) is 2.85. The summed E-state index contributed by atoms with van der Waals surface area (Å²) in [6.07, 6.45) is 3.11. The molecule has 7 heteroatoms. The maximum Gasteiger partial charge on any atom is 0.168 e. The lowest BCUT2D eigenvalue weighted by molar-refractivity contribution is 0.887. The topological polar surface area (TPSA) is 81.7 Å². The van der Waals surface area contributed by atoms with Crippen LogP contribution in [0, 0.1) is 6.92 Å². The first-order valence-corrected chi connectivity index (χ1v) is 6.00. The Kier molecular flexibility index (Phi) is 2.81. The highest BCUT2D eigenvalue weighted by atomic mass is 35.5. The van der Waals surface area contributed by atoms with Gasteiger partial charge in [0.25, 0.3) is 0 Å². The number of anilines is 1. The molecule has 0 amide bonds. The normalized spacial score (nSPS) is 10.9. The summed E-state index contributed by atoms with van der Waals surface area (Å²) in [4.78, 5) is 8.29. The third kappa shape index (κ3) is 1.91. The summed E-state index contributed by atoms with van der Waals surface area (Å²) in [6, 6.07) is 5.63. The number of benzene rings is 1. The molecule has 2 aromatic heterocycles. The molecule has 0 saturated carbocycles. The molecule has 0 aliphatic heterocycles. The van der Waals surface area contributed by atoms with Crippen molar-refractivity contribution in [2.75, 3.05) is 5.43 Å². The van der Waals surface area contributed by atoms with Crippen molar-refractivity contribution in [1.82, 2.24) is 19.7 Å². The van der Waals surface area contributed by atoms with Gasteiger partial charge in [0.2, 0.25) is 0 Å². The number of nitrogen functional groups attached to an aromatic ring is 1. The van der Waals surface area contributed by atoms with E-state index in [0.29, 0.717) is 16.5 Å². The van der Waals surface area contributed by atoms with Crippen LogP contribution < -0.4 is 11.3 Å². The maximum absolute atomic E-state index is 6.04. The van der Waals surface area contributed by atoms with Crippen molar-refractivity contribution in [3.63, 3.8) is 0 Å². The number of fused-ring (bicyclic) bond motifs is 1. The van der Waals surface area contributed by atoms with Gasteiger partial charge in [0.15, 0.2) is 11.5 Å². The van der Waals surface area contributed by atoms with E-state index < -0.39 is 0 Å². The molecule has 0 atom stereocenters. The summed E-state index contributed by atoms with van der Waals surface area (Å²) in [6.45, 7) is 1.99. The van der Waals surface area contributed by atoms with Gasteiger partial charge >= 0.3 is 0 Å². The minimum absolute atomic E-state index is 0.538. The molecule has 0 fully saturated rings. The van der Waals surface area contributed by atoms with Crippen molar-refractivity contribution in [2.45, 2.75) is 6.92 Å². The van der Waals surface area contributed by atoms with Crippen molar-refractivity contribution in [2.24, 2.45) is 5.84 Å². The minimum Gasteiger partial charge on any atom is -0.308 e. The first kappa shape index (κ1) is 11.9. The zero-order valence-electron chi connectivity index (χ0n) is 10.1. The fourth-order valence-corrected chi connectivity index (χ4v) is 2.11. The quantitative estimate of drug-likeness (QED) is 0.552. The Morgan fingerprint density at radius 2 is 2.16 bits per heavy atom. The van der Waals surface area contributed by atoms with Crippen molar-refractivity contribution in [3.05, 3.63) is 41.3 Å². The van der Waals surface area contributed by atoms with Crippen LogP contribution in [-0.2, 0) is 0 Å². The van der Waals surface area contributed by atoms with E-state index in [1.165, 1.54) is 6.33 Å². The Hall–Kier alpha value is -2.18. The number of nitrogens with one attached hydrogen (secondary N) is 1. The molecule has 6 nitrogen and oxygen atoms in total. The third-order valence-corrected chi connectivity index (χ3v) is 3.14. The van der Waals surface area contributed by atoms with Gasteiger partial charge in [-0.3, -0.25) is 0 Å². The van der Waals surface area contributed by atoms with E-state index in [4.69, 9.17) is 17.4 Å². The summed E-state index contributed by atoms with van der Waals surface area (Å²) >= 11 is 6.04. The second-order valence-corrected chi connectivity index (χ2v) is 4.53. The standard InChI is InChI=1S/C12H11ClN6/c1-7-2-3-8(13)4-10(7)19-12-9(5-17-19)11(18-14)15-6-16-12/h2-6H,14H2,1H3,(H,15,16,18). The molecule has 0 radical (unpaired) electrons. The molecule has 0 bridgehead atoms. The second-order valence-electron chi connectivity index (χ2n) is 4.09. The van der Waals surface area contributed by atoms with Gasteiger partial charge in [0.05, 0.1) is 17.3 Å². The van der Waals surface area contributed by atoms with Gasteiger partial charge < -0.3 is 5.43 Å². The van der Waals surface area contributed by atoms with Crippen LogP contribution >= 0.6 is 11.6 Å². The predicted octanol–water partition coefficient (Wildman–Crippen LogP) is 2.06. The lowest BCUT2D eigenvalue weighted by Crippen LogP contribution is -2.09. The van der Waals surface area contributed by atoms with Gasteiger partial charge in [0.1, 0.15) is 6.33 Å². The summed E-state index contributed by atoms with van der Waals surface area (Å²) in [5.74, 6) is 5.96. The number of hydrogen-bond acceptors (Lipinski definition) is 5. The number of nitrogens with zero attached hydrogens (tertiary/aromatic N) is 4. The van der Waals surface area contributed by atoms with Gasteiger partial charge in [-0.2, -0.15) is 5.10 Å². The molecule has 0 aliphatic rings. The number of rotatable bonds is 2. The van der Waals surface area contributed by atoms with E-state index in [2.05, 4.69) is 20.5 Å². The van der Waals surface area contributed by atoms with Crippen LogP contribution in [0.4, 0.5) is 5.82 Å². The van der Waals surface area contributed by atoms with E-state index in [-0.39, 0.29) is 0 Å². The van der Waals surface area contributed by atoms with Crippen molar-refractivity contribution in [3.8, 4) is 5.69 Å². The molecular formula is C12H11ClN6. The maximum atomic E-state index is 6.04.